The summed E-state index contributed by atoms with van der Waals surface area (Å²) in [7, 11) is 1.58. The Morgan fingerprint density at radius 1 is 1.25 bits per heavy atom. The summed E-state index contributed by atoms with van der Waals surface area (Å²) in [6.45, 7) is 4.49. The number of benzene rings is 1. The molecule has 0 aliphatic carbocycles. The molecule has 20 heavy (non-hydrogen) atoms. The summed E-state index contributed by atoms with van der Waals surface area (Å²) in [6.07, 6.45) is 0.836. The molecule has 1 unspecified atom stereocenters. The fourth-order valence-corrected chi connectivity index (χ4v) is 1.82. The highest BCUT2D eigenvalue weighted by Gasteiger charge is 2.21. The van der Waals surface area contributed by atoms with Crippen LogP contribution in [0.3, 0.4) is 0 Å². The van der Waals surface area contributed by atoms with E-state index >= 15 is 0 Å². The van der Waals surface area contributed by atoms with E-state index in [9.17, 15) is 4.79 Å². The van der Waals surface area contributed by atoms with Gasteiger partial charge in [-0.3, -0.25) is 0 Å². The van der Waals surface area contributed by atoms with Crippen LogP contribution in [0.25, 0.3) is 0 Å². The van der Waals surface area contributed by atoms with Crippen LogP contribution in [0.15, 0.2) is 18.2 Å². The third-order valence-corrected chi connectivity index (χ3v) is 2.79. The van der Waals surface area contributed by atoms with E-state index in [1.807, 2.05) is 19.1 Å². The number of esters is 1. The van der Waals surface area contributed by atoms with Crippen LogP contribution in [0.1, 0.15) is 32.3 Å². The molecule has 112 valence electrons. The third kappa shape index (κ3) is 4.74. The topological polar surface area (TPSA) is 70.8 Å². The Labute approximate surface area is 120 Å². The van der Waals surface area contributed by atoms with E-state index in [1.165, 1.54) is 0 Å². The van der Waals surface area contributed by atoms with Crippen molar-refractivity contribution in [2.75, 3.05) is 13.7 Å². The first-order chi connectivity index (χ1) is 9.64. The van der Waals surface area contributed by atoms with Crippen molar-refractivity contribution >= 4 is 5.97 Å². The maximum atomic E-state index is 11.8. The van der Waals surface area contributed by atoms with Crippen LogP contribution in [0.4, 0.5) is 0 Å². The summed E-state index contributed by atoms with van der Waals surface area (Å²) in [5, 5.41) is 0. The molecule has 0 heterocycles. The SMILES string of the molecule is CCCC(Oc1cc(CN)cc(OC)c1)C(=O)OCC. The number of carbonyl (C=O) groups excluding carboxylic acids is 1. The maximum absolute atomic E-state index is 11.8. The first kappa shape index (κ1) is 16.3. The summed E-state index contributed by atoms with van der Waals surface area (Å²) in [6, 6.07) is 5.39. The van der Waals surface area contributed by atoms with Crippen molar-refractivity contribution in [3.8, 4) is 11.5 Å². The number of methoxy groups -OCH3 is 1. The Bertz CT molecular complexity index is 412. The largest absolute Gasteiger partial charge is 0.497 e. The fourth-order valence-electron chi connectivity index (χ4n) is 1.82. The zero-order valence-corrected chi connectivity index (χ0v) is 12.3. The molecule has 0 aromatic heterocycles. The number of rotatable bonds is 8. The van der Waals surface area contributed by atoms with Gasteiger partial charge in [0.05, 0.1) is 13.7 Å². The molecule has 0 radical (unpaired) electrons. The lowest BCUT2D eigenvalue weighted by Crippen LogP contribution is -2.29. The number of hydrogen-bond donors (Lipinski definition) is 1. The Kier molecular flexibility index (Phi) is 6.87. The van der Waals surface area contributed by atoms with Gasteiger partial charge in [0.15, 0.2) is 6.10 Å². The molecule has 0 amide bonds. The van der Waals surface area contributed by atoms with Gasteiger partial charge in [-0.15, -0.1) is 0 Å². The molecule has 5 nitrogen and oxygen atoms in total. The molecule has 0 aliphatic heterocycles. The smallest absolute Gasteiger partial charge is 0.347 e. The van der Waals surface area contributed by atoms with Gasteiger partial charge in [-0.25, -0.2) is 4.79 Å². The van der Waals surface area contributed by atoms with Crippen LogP contribution < -0.4 is 15.2 Å². The van der Waals surface area contributed by atoms with Gasteiger partial charge in [-0.2, -0.15) is 0 Å². The minimum atomic E-state index is -0.599. The zero-order valence-electron chi connectivity index (χ0n) is 12.3. The third-order valence-electron chi connectivity index (χ3n) is 2.79. The van der Waals surface area contributed by atoms with Crippen molar-refractivity contribution < 1.29 is 19.0 Å². The lowest BCUT2D eigenvalue weighted by atomic mass is 10.2. The molecule has 1 aromatic carbocycles. The molecule has 0 aliphatic rings. The molecular weight excluding hydrogens is 258 g/mol. The highest BCUT2D eigenvalue weighted by molar-refractivity contribution is 5.75. The molecule has 2 N–H and O–H groups in total. The Morgan fingerprint density at radius 3 is 2.50 bits per heavy atom. The van der Waals surface area contributed by atoms with E-state index in [0.717, 1.165) is 12.0 Å². The van der Waals surface area contributed by atoms with Gasteiger partial charge >= 0.3 is 5.97 Å². The van der Waals surface area contributed by atoms with E-state index in [2.05, 4.69) is 0 Å². The summed E-state index contributed by atoms with van der Waals surface area (Å²) < 4.78 is 16.0. The molecular formula is C15H23NO4. The number of ether oxygens (including phenoxy) is 3. The van der Waals surface area contributed by atoms with Crippen molar-refractivity contribution in [3.63, 3.8) is 0 Å². The van der Waals surface area contributed by atoms with Crippen LogP contribution in [0.5, 0.6) is 11.5 Å². The average Bonchev–Trinajstić information content (AvgIpc) is 2.46. The minimum Gasteiger partial charge on any atom is -0.497 e. The number of hydrogen-bond acceptors (Lipinski definition) is 5. The van der Waals surface area contributed by atoms with E-state index in [1.54, 1.807) is 20.1 Å². The van der Waals surface area contributed by atoms with Gasteiger partial charge in [0.25, 0.3) is 0 Å². The van der Waals surface area contributed by atoms with Gasteiger partial charge in [0, 0.05) is 12.6 Å². The molecule has 5 heteroatoms. The monoisotopic (exact) mass is 281 g/mol. The predicted octanol–water partition coefficient (Wildman–Crippen LogP) is 2.26. The van der Waals surface area contributed by atoms with Crippen LogP contribution in [0, 0.1) is 0 Å². The summed E-state index contributed by atoms with van der Waals surface area (Å²) in [5.41, 5.74) is 6.52. The van der Waals surface area contributed by atoms with Crippen molar-refractivity contribution in [3.05, 3.63) is 23.8 Å². The zero-order chi connectivity index (χ0) is 15.0. The standard InChI is InChI=1S/C15H23NO4/c1-4-6-14(15(17)19-5-2)20-13-8-11(10-16)7-12(9-13)18-3/h7-9,14H,4-6,10,16H2,1-3H3. The molecule has 0 fully saturated rings. The van der Waals surface area contributed by atoms with Crippen LogP contribution >= 0.6 is 0 Å². The second kappa shape index (κ2) is 8.43. The highest BCUT2D eigenvalue weighted by atomic mass is 16.6. The van der Waals surface area contributed by atoms with Crippen LogP contribution in [-0.2, 0) is 16.1 Å². The minimum absolute atomic E-state index is 0.341. The molecule has 0 spiro atoms. The van der Waals surface area contributed by atoms with Gasteiger partial charge in [0.2, 0.25) is 0 Å². The Balaban J connectivity index is 2.89. The van der Waals surface area contributed by atoms with Crippen molar-refractivity contribution in [1.29, 1.82) is 0 Å². The second-order valence-electron chi connectivity index (χ2n) is 4.37. The maximum Gasteiger partial charge on any atom is 0.347 e. The Morgan fingerprint density at radius 2 is 1.95 bits per heavy atom. The quantitative estimate of drug-likeness (QED) is 0.740. The Hall–Kier alpha value is -1.75. The first-order valence-corrected chi connectivity index (χ1v) is 6.85. The van der Waals surface area contributed by atoms with Gasteiger partial charge in [-0.1, -0.05) is 13.3 Å². The van der Waals surface area contributed by atoms with Crippen molar-refractivity contribution in [2.24, 2.45) is 5.73 Å². The summed E-state index contributed by atoms with van der Waals surface area (Å²) in [4.78, 5) is 11.8. The number of nitrogens with two attached hydrogens (primary N) is 1. The van der Waals surface area contributed by atoms with Crippen molar-refractivity contribution in [2.45, 2.75) is 39.3 Å². The molecule has 0 saturated carbocycles. The lowest BCUT2D eigenvalue weighted by Gasteiger charge is -2.18. The van der Waals surface area contributed by atoms with E-state index in [0.29, 0.717) is 31.1 Å². The average molecular weight is 281 g/mol. The predicted molar refractivity (Wildman–Crippen MR) is 76.8 cm³/mol. The highest BCUT2D eigenvalue weighted by Crippen LogP contribution is 2.24. The van der Waals surface area contributed by atoms with Gasteiger partial charge in [0.1, 0.15) is 11.5 Å². The van der Waals surface area contributed by atoms with Gasteiger partial charge < -0.3 is 19.9 Å². The first-order valence-electron chi connectivity index (χ1n) is 6.85. The lowest BCUT2D eigenvalue weighted by molar-refractivity contribution is -0.151. The molecule has 0 bridgehead atoms. The van der Waals surface area contributed by atoms with Crippen molar-refractivity contribution in [1.82, 2.24) is 0 Å². The van der Waals surface area contributed by atoms with Crippen LogP contribution in [0.2, 0.25) is 0 Å². The van der Waals surface area contributed by atoms with E-state index < -0.39 is 6.10 Å². The second-order valence-corrected chi connectivity index (χ2v) is 4.37. The molecule has 1 atom stereocenters. The fraction of sp³-hybridized carbons (Fsp3) is 0.533. The molecule has 0 saturated heterocycles. The van der Waals surface area contributed by atoms with Crippen LogP contribution in [-0.4, -0.2) is 25.8 Å². The number of carbonyl (C=O) groups is 1. The molecule has 1 aromatic rings. The summed E-state index contributed by atoms with van der Waals surface area (Å²) >= 11 is 0. The van der Waals surface area contributed by atoms with Gasteiger partial charge in [-0.05, 0) is 31.0 Å². The molecule has 1 rings (SSSR count). The summed E-state index contributed by atoms with van der Waals surface area (Å²) in [5.74, 6) is 0.879. The normalized spacial score (nSPS) is 11.8. The van der Waals surface area contributed by atoms with E-state index in [-0.39, 0.29) is 5.97 Å². The van der Waals surface area contributed by atoms with E-state index in [4.69, 9.17) is 19.9 Å².